The summed E-state index contributed by atoms with van der Waals surface area (Å²) in [6.45, 7) is 0. The van der Waals surface area contributed by atoms with E-state index in [1.165, 1.54) is 24.3 Å². The average Bonchev–Trinajstić information content (AvgIpc) is 2.41. The van der Waals surface area contributed by atoms with E-state index in [0.29, 0.717) is 0 Å². The SMILES string of the molecule is O=[N+]([O-])c1ccccc1S(=O)(=O)Nc1ccc(F)cc1. The number of halogens is 1. The molecule has 6 nitrogen and oxygen atoms in total. The first-order valence-corrected chi connectivity index (χ1v) is 6.90. The quantitative estimate of drug-likeness (QED) is 0.693. The molecule has 104 valence electrons. The molecule has 0 aliphatic rings. The zero-order valence-electron chi connectivity index (χ0n) is 9.99. The first-order valence-electron chi connectivity index (χ1n) is 5.42. The number of nitrogens with one attached hydrogen (secondary N) is 1. The van der Waals surface area contributed by atoms with E-state index in [0.717, 1.165) is 24.3 Å². The van der Waals surface area contributed by atoms with Gasteiger partial charge in [-0.25, -0.2) is 12.8 Å². The van der Waals surface area contributed by atoms with Crippen LogP contribution < -0.4 is 4.72 Å². The maximum Gasteiger partial charge on any atom is 0.289 e. The summed E-state index contributed by atoms with van der Waals surface area (Å²) in [5.41, 5.74) is -0.410. The molecule has 0 bridgehead atoms. The van der Waals surface area contributed by atoms with Crippen LogP contribution in [-0.2, 0) is 10.0 Å². The first-order chi connectivity index (χ1) is 9.40. The van der Waals surface area contributed by atoms with Crippen LogP contribution in [0.3, 0.4) is 0 Å². The highest BCUT2D eigenvalue weighted by Gasteiger charge is 2.24. The average molecular weight is 296 g/mol. The standard InChI is InChI=1S/C12H9FN2O4S/c13-9-5-7-10(8-6-9)14-20(18,19)12-4-2-1-3-11(12)15(16)17/h1-8,14H. The Hall–Kier alpha value is -2.48. The van der Waals surface area contributed by atoms with E-state index in [9.17, 15) is 22.9 Å². The van der Waals surface area contributed by atoms with E-state index in [1.807, 2.05) is 0 Å². The lowest BCUT2D eigenvalue weighted by atomic mass is 10.3. The topological polar surface area (TPSA) is 89.3 Å². The largest absolute Gasteiger partial charge is 0.289 e. The molecule has 0 amide bonds. The molecule has 0 spiro atoms. The Morgan fingerprint density at radius 2 is 1.65 bits per heavy atom. The summed E-state index contributed by atoms with van der Waals surface area (Å²) < 4.78 is 39.1. The minimum atomic E-state index is -4.12. The van der Waals surface area contributed by atoms with E-state index in [1.54, 1.807) is 0 Å². The third kappa shape index (κ3) is 2.91. The minimum absolute atomic E-state index is 0.115. The predicted octanol–water partition coefficient (Wildman–Crippen LogP) is 2.53. The van der Waals surface area contributed by atoms with Crippen molar-refractivity contribution >= 4 is 21.4 Å². The molecular weight excluding hydrogens is 287 g/mol. The van der Waals surface area contributed by atoms with Crippen LogP contribution in [0.4, 0.5) is 15.8 Å². The third-order valence-corrected chi connectivity index (χ3v) is 3.88. The molecule has 2 aromatic carbocycles. The predicted molar refractivity (Wildman–Crippen MR) is 70.3 cm³/mol. The summed E-state index contributed by atoms with van der Waals surface area (Å²) in [6.07, 6.45) is 0. The second kappa shape index (κ2) is 5.25. The van der Waals surface area contributed by atoms with Crippen molar-refractivity contribution in [1.82, 2.24) is 0 Å². The van der Waals surface area contributed by atoms with Gasteiger partial charge in [-0.15, -0.1) is 0 Å². The van der Waals surface area contributed by atoms with Gasteiger partial charge < -0.3 is 0 Å². The summed E-state index contributed by atoms with van der Waals surface area (Å²) in [6, 6.07) is 9.59. The van der Waals surface area contributed by atoms with Gasteiger partial charge in [0.1, 0.15) is 5.82 Å². The maximum absolute atomic E-state index is 12.7. The molecule has 1 N–H and O–H groups in total. The Labute approximate surface area is 114 Å². The third-order valence-electron chi connectivity index (χ3n) is 2.45. The lowest BCUT2D eigenvalue weighted by Crippen LogP contribution is -2.14. The summed E-state index contributed by atoms with van der Waals surface area (Å²) in [7, 11) is -4.12. The number of benzene rings is 2. The lowest BCUT2D eigenvalue weighted by molar-refractivity contribution is -0.387. The van der Waals surface area contributed by atoms with Crippen LogP contribution in [0.1, 0.15) is 0 Å². The van der Waals surface area contributed by atoms with Gasteiger partial charge >= 0.3 is 0 Å². The lowest BCUT2D eigenvalue weighted by Gasteiger charge is -2.08. The van der Waals surface area contributed by atoms with Gasteiger partial charge in [-0.05, 0) is 30.3 Å². The molecule has 0 aliphatic heterocycles. The molecule has 0 atom stereocenters. The number of nitro benzene ring substituents is 1. The highest BCUT2D eigenvalue weighted by molar-refractivity contribution is 7.92. The van der Waals surface area contributed by atoms with E-state index < -0.39 is 31.3 Å². The van der Waals surface area contributed by atoms with Crippen molar-refractivity contribution in [3.63, 3.8) is 0 Å². The van der Waals surface area contributed by atoms with Crippen LogP contribution in [-0.4, -0.2) is 13.3 Å². The van der Waals surface area contributed by atoms with Crippen LogP contribution in [0.2, 0.25) is 0 Å². The summed E-state index contributed by atoms with van der Waals surface area (Å²) in [5, 5.41) is 10.8. The molecule has 0 fully saturated rings. The van der Waals surface area contributed by atoms with Crippen LogP contribution in [0.15, 0.2) is 53.4 Å². The number of sulfonamides is 1. The molecule has 0 saturated carbocycles. The Morgan fingerprint density at radius 1 is 1.05 bits per heavy atom. The van der Waals surface area contributed by atoms with Crippen molar-refractivity contribution in [1.29, 1.82) is 0 Å². The van der Waals surface area contributed by atoms with Crippen molar-refractivity contribution in [2.45, 2.75) is 4.90 Å². The molecule has 0 aromatic heterocycles. The molecule has 2 aromatic rings. The van der Waals surface area contributed by atoms with Crippen molar-refractivity contribution in [3.05, 3.63) is 64.5 Å². The van der Waals surface area contributed by atoms with Crippen molar-refractivity contribution in [3.8, 4) is 0 Å². The Balaban J connectivity index is 2.41. The van der Waals surface area contributed by atoms with Crippen molar-refractivity contribution in [2.75, 3.05) is 4.72 Å². The molecule has 20 heavy (non-hydrogen) atoms. The summed E-state index contributed by atoms with van der Waals surface area (Å²) in [5.74, 6) is -0.515. The smallest absolute Gasteiger partial charge is 0.279 e. The van der Waals surface area contributed by atoms with Gasteiger partial charge in [0.05, 0.1) is 4.92 Å². The van der Waals surface area contributed by atoms with Gasteiger partial charge in [0.15, 0.2) is 4.90 Å². The Kier molecular flexibility index (Phi) is 3.66. The number of rotatable bonds is 4. The fraction of sp³-hybridized carbons (Fsp3) is 0. The minimum Gasteiger partial charge on any atom is -0.279 e. The van der Waals surface area contributed by atoms with E-state index in [2.05, 4.69) is 4.72 Å². The molecule has 2 rings (SSSR count). The number of nitro groups is 1. The molecule has 0 radical (unpaired) electrons. The molecule has 0 saturated heterocycles. The van der Waals surface area contributed by atoms with Crippen LogP contribution in [0.25, 0.3) is 0 Å². The van der Waals surface area contributed by atoms with Crippen LogP contribution >= 0.6 is 0 Å². The van der Waals surface area contributed by atoms with Gasteiger partial charge in [0, 0.05) is 11.8 Å². The van der Waals surface area contributed by atoms with Gasteiger partial charge in [-0.2, -0.15) is 0 Å². The van der Waals surface area contributed by atoms with E-state index in [-0.39, 0.29) is 5.69 Å². The van der Waals surface area contributed by atoms with Gasteiger partial charge in [0.25, 0.3) is 15.7 Å². The number of anilines is 1. The number of hydrogen-bond acceptors (Lipinski definition) is 4. The second-order valence-electron chi connectivity index (χ2n) is 3.84. The molecular formula is C12H9FN2O4S. The fourth-order valence-corrected chi connectivity index (χ4v) is 2.80. The molecule has 0 heterocycles. The zero-order valence-corrected chi connectivity index (χ0v) is 10.8. The number of hydrogen-bond donors (Lipinski definition) is 1. The van der Waals surface area contributed by atoms with E-state index >= 15 is 0 Å². The molecule has 0 unspecified atom stereocenters. The zero-order chi connectivity index (χ0) is 14.8. The first kappa shape index (κ1) is 13.9. The highest BCUT2D eigenvalue weighted by atomic mass is 32.2. The van der Waals surface area contributed by atoms with Crippen LogP contribution in [0, 0.1) is 15.9 Å². The fourth-order valence-electron chi connectivity index (χ4n) is 1.56. The second-order valence-corrected chi connectivity index (χ2v) is 5.49. The van der Waals surface area contributed by atoms with Crippen molar-refractivity contribution in [2.24, 2.45) is 0 Å². The normalized spacial score (nSPS) is 11.1. The van der Waals surface area contributed by atoms with Crippen LogP contribution in [0.5, 0.6) is 0 Å². The van der Waals surface area contributed by atoms with Crippen molar-refractivity contribution < 1.29 is 17.7 Å². The number of nitrogens with zero attached hydrogens (tertiary/aromatic N) is 1. The summed E-state index contributed by atoms with van der Waals surface area (Å²) >= 11 is 0. The number of para-hydroxylation sites is 1. The highest BCUT2D eigenvalue weighted by Crippen LogP contribution is 2.25. The van der Waals surface area contributed by atoms with E-state index in [4.69, 9.17) is 0 Å². The van der Waals surface area contributed by atoms with Gasteiger partial charge in [-0.3, -0.25) is 14.8 Å². The van der Waals surface area contributed by atoms with Gasteiger partial charge in [-0.1, -0.05) is 12.1 Å². The Bertz CT molecular complexity index is 744. The van der Waals surface area contributed by atoms with Gasteiger partial charge in [0.2, 0.25) is 0 Å². The molecule has 0 aliphatic carbocycles. The Morgan fingerprint density at radius 3 is 2.25 bits per heavy atom. The monoisotopic (exact) mass is 296 g/mol. The molecule has 8 heteroatoms. The summed E-state index contributed by atoms with van der Waals surface area (Å²) in [4.78, 5) is 9.60. The maximum atomic E-state index is 12.7.